The third-order valence-corrected chi connectivity index (χ3v) is 3.54. The minimum absolute atomic E-state index is 0.285. The first kappa shape index (κ1) is 8.69. The van der Waals surface area contributed by atoms with Crippen molar-refractivity contribution >= 4 is 22.6 Å². The Morgan fingerprint density at radius 2 is 1.62 bits per heavy atom. The average Bonchev–Trinajstić information content (AvgIpc) is 1.64. The van der Waals surface area contributed by atoms with Crippen LogP contribution in [0.1, 0.15) is 20.8 Å². The molecule has 0 saturated heterocycles. The Hall–Kier alpha value is 0.690. The van der Waals surface area contributed by atoms with Crippen LogP contribution in [0.25, 0.3) is 0 Å². The van der Waals surface area contributed by atoms with Crippen LogP contribution in [0.4, 0.5) is 0 Å². The summed E-state index contributed by atoms with van der Waals surface area (Å²) in [6.07, 6.45) is -0.421. The van der Waals surface area contributed by atoms with Gasteiger partial charge in [0.15, 0.2) is 0 Å². The lowest BCUT2D eigenvalue weighted by Gasteiger charge is -2.13. The molecule has 0 aliphatic rings. The molecular weight excluding hydrogens is 215 g/mol. The van der Waals surface area contributed by atoms with Crippen molar-refractivity contribution in [2.75, 3.05) is 0 Å². The van der Waals surface area contributed by atoms with E-state index in [1.54, 1.807) is 6.92 Å². The lowest BCUT2D eigenvalue weighted by Crippen LogP contribution is -2.20. The summed E-state index contributed by atoms with van der Waals surface area (Å²) in [5.41, 5.74) is 0. The van der Waals surface area contributed by atoms with E-state index in [0.29, 0.717) is 5.92 Å². The molecule has 0 bridgehead atoms. The second-order valence-corrected chi connectivity index (χ2v) is 3.83. The summed E-state index contributed by atoms with van der Waals surface area (Å²) in [4.78, 5) is 0. The van der Waals surface area contributed by atoms with Crippen LogP contribution in [0.15, 0.2) is 0 Å². The zero-order valence-corrected chi connectivity index (χ0v) is 7.68. The number of rotatable bonds is 2. The van der Waals surface area contributed by atoms with Gasteiger partial charge < -0.3 is 0 Å². The van der Waals surface area contributed by atoms with Crippen molar-refractivity contribution < 1.29 is 5.11 Å². The highest BCUT2D eigenvalue weighted by molar-refractivity contribution is 14.1. The maximum atomic E-state index is 10.7. The second-order valence-electron chi connectivity index (χ2n) is 2.39. The molecule has 1 nitrogen and oxygen atoms in total. The van der Waals surface area contributed by atoms with Gasteiger partial charge in [0.05, 0.1) is 0 Å². The van der Waals surface area contributed by atoms with Gasteiger partial charge in [-0.05, 0) is 12.8 Å². The number of hydrogen-bond acceptors (Lipinski definition) is 0. The highest BCUT2D eigenvalue weighted by Gasteiger charge is 2.15. The molecule has 0 aliphatic heterocycles. The lowest BCUT2D eigenvalue weighted by atomic mass is 10.1. The van der Waals surface area contributed by atoms with E-state index in [1.165, 1.54) is 0 Å². The molecular formula is C6H12IO. The summed E-state index contributed by atoms with van der Waals surface area (Å²) in [7, 11) is 0. The van der Waals surface area contributed by atoms with Crippen molar-refractivity contribution in [1.82, 2.24) is 0 Å². The van der Waals surface area contributed by atoms with E-state index < -0.39 is 6.10 Å². The van der Waals surface area contributed by atoms with Crippen LogP contribution in [0.5, 0.6) is 0 Å². The van der Waals surface area contributed by atoms with Crippen molar-refractivity contribution in [3.05, 3.63) is 0 Å². The first-order valence-electron chi connectivity index (χ1n) is 2.85. The molecule has 0 rings (SSSR count). The molecule has 0 amide bonds. The Kier molecular flexibility index (Phi) is 3.98. The standard InChI is InChI=1S/C6H12IO/c1-4(2)6(7)5(3)8/h4-6H,1-3H3. The summed E-state index contributed by atoms with van der Waals surface area (Å²) >= 11 is 2.21. The molecule has 8 heavy (non-hydrogen) atoms. The number of halogens is 1. The maximum Gasteiger partial charge on any atom is 0.102 e. The summed E-state index contributed by atoms with van der Waals surface area (Å²) < 4.78 is 0.285. The molecule has 0 aromatic carbocycles. The van der Waals surface area contributed by atoms with E-state index in [0.717, 1.165) is 0 Å². The lowest BCUT2D eigenvalue weighted by molar-refractivity contribution is 0.0967. The van der Waals surface area contributed by atoms with Gasteiger partial charge in [-0.15, -0.1) is 0 Å². The van der Waals surface area contributed by atoms with Crippen LogP contribution in [0.2, 0.25) is 0 Å². The zero-order chi connectivity index (χ0) is 6.73. The Morgan fingerprint density at radius 1 is 1.25 bits per heavy atom. The zero-order valence-electron chi connectivity index (χ0n) is 5.52. The first-order chi connectivity index (χ1) is 3.55. The van der Waals surface area contributed by atoms with Crippen LogP contribution < -0.4 is 0 Å². The van der Waals surface area contributed by atoms with Crippen LogP contribution in [0, 0.1) is 5.92 Å². The van der Waals surface area contributed by atoms with Crippen molar-refractivity contribution in [3.63, 3.8) is 0 Å². The van der Waals surface area contributed by atoms with Gasteiger partial charge in [0.2, 0.25) is 0 Å². The fourth-order valence-corrected chi connectivity index (χ4v) is 0.542. The van der Waals surface area contributed by atoms with E-state index in [-0.39, 0.29) is 3.92 Å². The molecule has 2 unspecified atom stereocenters. The molecule has 0 fully saturated rings. The van der Waals surface area contributed by atoms with Gasteiger partial charge in [0.1, 0.15) is 6.10 Å². The predicted molar refractivity (Wildman–Crippen MR) is 42.8 cm³/mol. The summed E-state index contributed by atoms with van der Waals surface area (Å²) in [6.45, 7) is 5.87. The highest BCUT2D eigenvalue weighted by atomic mass is 127. The smallest absolute Gasteiger partial charge is 0.102 e. The van der Waals surface area contributed by atoms with Gasteiger partial charge in [0, 0.05) is 3.92 Å². The highest BCUT2D eigenvalue weighted by Crippen LogP contribution is 2.16. The fraction of sp³-hybridized carbons (Fsp3) is 1.00. The van der Waals surface area contributed by atoms with Crippen molar-refractivity contribution in [2.24, 2.45) is 5.92 Å². The molecule has 0 saturated carbocycles. The average molecular weight is 227 g/mol. The van der Waals surface area contributed by atoms with Gasteiger partial charge >= 0.3 is 0 Å². The summed E-state index contributed by atoms with van der Waals surface area (Å²) in [5.74, 6) is 0.517. The van der Waals surface area contributed by atoms with E-state index in [2.05, 4.69) is 36.4 Å². The second kappa shape index (κ2) is 3.67. The SMILES string of the molecule is CC(C)C(I)C(C)[O]. The number of hydrogen-bond donors (Lipinski definition) is 0. The van der Waals surface area contributed by atoms with E-state index >= 15 is 0 Å². The van der Waals surface area contributed by atoms with Crippen molar-refractivity contribution in [3.8, 4) is 0 Å². The van der Waals surface area contributed by atoms with Gasteiger partial charge in [0.25, 0.3) is 0 Å². The Bertz CT molecular complexity index is 53.5. The molecule has 0 heterocycles. The third kappa shape index (κ3) is 2.87. The largest absolute Gasteiger partial charge is 0.232 e. The maximum absolute atomic E-state index is 10.7. The van der Waals surface area contributed by atoms with Crippen molar-refractivity contribution in [2.45, 2.75) is 30.8 Å². The Balaban J connectivity index is 3.46. The van der Waals surface area contributed by atoms with Crippen LogP contribution >= 0.6 is 22.6 Å². The van der Waals surface area contributed by atoms with E-state index in [4.69, 9.17) is 0 Å². The molecule has 0 aliphatic carbocycles. The monoisotopic (exact) mass is 227 g/mol. The molecule has 49 valence electrons. The van der Waals surface area contributed by atoms with Gasteiger partial charge in [-0.25, -0.2) is 5.11 Å². The topological polar surface area (TPSA) is 19.9 Å². The normalized spacial score (nSPS) is 18.8. The van der Waals surface area contributed by atoms with E-state index in [9.17, 15) is 5.11 Å². The molecule has 0 aromatic heterocycles. The van der Waals surface area contributed by atoms with Crippen LogP contribution in [0.3, 0.4) is 0 Å². The predicted octanol–water partition coefficient (Wildman–Crippen LogP) is 2.27. The summed E-state index contributed by atoms with van der Waals surface area (Å²) in [6, 6.07) is 0. The molecule has 1 radical (unpaired) electrons. The quantitative estimate of drug-likeness (QED) is 0.509. The molecule has 2 atom stereocenters. The minimum atomic E-state index is -0.421. The number of alkyl halides is 1. The Labute approximate surface area is 64.6 Å². The van der Waals surface area contributed by atoms with Crippen LogP contribution in [-0.2, 0) is 5.11 Å². The molecule has 0 spiro atoms. The molecule has 0 N–H and O–H groups in total. The third-order valence-electron chi connectivity index (χ3n) is 1.09. The van der Waals surface area contributed by atoms with Crippen molar-refractivity contribution in [1.29, 1.82) is 0 Å². The first-order valence-corrected chi connectivity index (χ1v) is 4.10. The fourth-order valence-electron chi connectivity index (χ4n) is 0.542. The Morgan fingerprint density at radius 3 is 1.62 bits per heavy atom. The molecule has 0 aromatic rings. The minimum Gasteiger partial charge on any atom is -0.232 e. The summed E-state index contributed by atoms with van der Waals surface area (Å²) in [5, 5.41) is 10.7. The van der Waals surface area contributed by atoms with E-state index in [1.807, 2.05) is 0 Å². The molecule has 2 heteroatoms. The van der Waals surface area contributed by atoms with Crippen LogP contribution in [-0.4, -0.2) is 10.0 Å². The van der Waals surface area contributed by atoms with Gasteiger partial charge in [-0.1, -0.05) is 36.4 Å². The van der Waals surface area contributed by atoms with Gasteiger partial charge in [-0.2, -0.15) is 0 Å². The van der Waals surface area contributed by atoms with Gasteiger partial charge in [-0.3, -0.25) is 0 Å².